The number of nitrogens with one attached hydrogen (secondary N) is 1. The molecule has 1 atom stereocenters. The first kappa shape index (κ1) is 10.9. The highest BCUT2D eigenvalue weighted by molar-refractivity contribution is 5.78. The van der Waals surface area contributed by atoms with Crippen molar-refractivity contribution < 1.29 is 4.79 Å². The standard InChI is InChI=1S/C11H21N3O/c1-12-8-11(15)14-7-4-10(9-14)13-5-2-3-6-13/h10,12H,2-9H2,1H3. The lowest BCUT2D eigenvalue weighted by Crippen LogP contribution is -2.39. The highest BCUT2D eigenvalue weighted by Gasteiger charge is 2.30. The Morgan fingerprint density at radius 3 is 2.73 bits per heavy atom. The SMILES string of the molecule is CNCC(=O)N1CCC(N2CCCC2)C1. The highest BCUT2D eigenvalue weighted by Crippen LogP contribution is 2.20. The van der Waals surface area contributed by atoms with Gasteiger partial charge in [-0.2, -0.15) is 0 Å². The van der Waals surface area contributed by atoms with E-state index in [4.69, 9.17) is 0 Å². The van der Waals surface area contributed by atoms with Gasteiger partial charge in [0, 0.05) is 19.1 Å². The van der Waals surface area contributed by atoms with Crippen LogP contribution >= 0.6 is 0 Å². The molecule has 1 N–H and O–H groups in total. The topological polar surface area (TPSA) is 35.6 Å². The summed E-state index contributed by atoms with van der Waals surface area (Å²) in [7, 11) is 1.83. The quantitative estimate of drug-likeness (QED) is 0.708. The van der Waals surface area contributed by atoms with E-state index in [1.807, 2.05) is 11.9 Å². The fourth-order valence-electron chi connectivity index (χ4n) is 2.64. The molecule has 0 aromatic rings. The Morgan fingerprint density at radius 2 is 2.07 bits per heavy atom. The fraction of sp³-hybridized carbons (Fsp3) is 0.909. The molecule has 0 spiro atoms. The van der Waals surface area contributed by atoms with Crippen molar-refractivity contribution in [2.45, 2.75) is 25.3 Å². The Balaban J connectivity index is 1.80. The van der Waals surface area contributed by atoms with Crippen molar-refractivity contribution in [1.82, 2.24) is 15.1 Å². The Bertz CT molecular complexity index is 226. The number of carbonyl (C=O) groups excluding carboxylic acids is 1. The number of hydrogen-bond acceptors (Lipinski definition) is 3. The lowest BCUT2D eigenvalue weighted by atomic mass is 10.2. The van der Waals surface area contributed by atoms with E-state index in [0.29, 0.717) is 12.6 Å². The Hall–Kier alpha value is -0.610. The minimum atomic E-state index is 0.249. The molecule has 2 aliphatic heterocycles. The summed E-state index contributed by atoms with van der Waals surface area (Å²) in [6.45, 7) is 4.84. The van der Waals surface area contributed by atoms with Crippen molar-refractivity contribution in [3.8, 4) is 0 Å². The molecule has 4 nitrogen and oxygen atoms in total. The van der Waals surface area contributed by atoms with Crippen LogP contribution in [0.2, 0.25) is 0 Å². The molecule has 2 heterocycles. The summed E-state index contributed by atoms with van der Waals surface area (Å²) in [5.74, 6) is 0.249. The van der Waals surface area contributed by atoms with Gasteiger partial charge in [0.2, 0.25) is 5.91 Å². The minimum Gasteiger partial charge on any atom is -0.340 e. The van der Waals surface area contributed by atoms with Crippen LogP contribution in [0.3, 0.4) is 0 Å². The molecule has 15 heavy (non-hydrogen) atoms. The predicted molar refractivity (Wildman–Crippen MR) is 59.7 cm³/mol. The second-order valence-corrected chi connectivity index (χ2v) is 4.56. The van der Waals surface area contributed by atoms with Gasteiger partial charge in [-0.1, -0.05) is 0 Å². The molecule has 4 heteroatoms. The zero-order chi connectivity index (χ0) is 10.7. The van der Waals surface area contributed by atoms with Crippen LogP contribution in [0, 0.1) is 0 Å². The van der Waals surface area contributed by atoms with E-state index < -0.39 is 0 Å². The van der Waals surface area contributed by atoms with Crippen molar-refractivity contribution in [2.75, 3.05) is 39.8 Å². The molecule has 0 bridgehead atoms. The van der Waals surface area contributed by atoms with Crippen LogP contribution in [-0.2, 0) is 4.79 Å². The molecule has 1 amide bonds. The summed E-state index contributed by atoms with van der Waals surface area (Å²) in [4.78, 5) is 16.2. The number of likely N-dealkylation sites (N-methyl/N-ethyl adjacent to an activating group) is 1. The van der Waals surface area contributed by atoms with Gasteiger partial charge < -0.3 is 10.2 Å². The minimum absolute atomic E-state index is 0.249. The highest BCUT2D eigenvalue weighted by atomic mass is 16.2. The van der Waals surface area contributed by atoms with Crippen molar-refractivity contribution in [2.24, 2.45) is 0 Å². The molecule has 0 radical (unpaired) electrons. The van der Waals surface area contributed by atoms with Gasteiger partial charge in [-0.15, -0.1) is 0 Å². The Morgan fingerprint density at radius 1 is 1.33 bits per heavy atom. The van der Waals surface area contributed by atoms with Gasteiger partial charge in [0.1, 0.15) is 0 Å². The number of carbonyl (C=O) groups is 1. The fourth-order valence-corrected chi connectivity index (χ4v) is 2.64. The number of likely N-dealkylation sites (tertiary alicyclic amines) is 2. The molecule has 0 aromatic carbocycles. The third-order valence-corrected chi connectivity index (χ3v) is 3.50. The van der Waals surface area contributed by atoms with Crippen LogP contribution in [0.25, 0.3) is 0 Å². The Kier molecular flexibility index (Phi) is 3.59. The molecular weight excluding hydrogens is 190 g/mol. The van der Waals surface area contributed by atoms with Crippen LogP contribution in [0.4, 0.5) is 0 Å². The molecule has 0 aliphatic carbocycles. The predicted octanol–water partition coefficient (Wildman–Crippen LogP) is -0.0975. The van der Waals surface area contributed by atoms with E-state index in [-0.39, 0.29) is 5.91 Å². The van der Waals surface area contributed by atoms with Crippen LogP contribution in [0.15, 0.2) is 0 Å². The molecule has 2 rings (SSSR count). The number of hydrogen-bond donors (Lipinski definition) is 1. The first-order valence-electron chi connectivity index (χ1n) is 5.97. The zero-order valence-electron chi connectivity index (χ0n) is 9.54. The van der Waals surface area contributed by atoms with E-state index in [1.54, 1.807) is 0 Å². The molecule has 2 aliphatic rings. The van der Waals surface area contributed by atoms with Crippen LogP contribution in [0.1, 0.15) is 19.3 Å². The molecule has 0 saturated carbocycles. The second-order valence-electron chi connectivity index (χ2n) is 4.56. The van der Waals surface area contributed by atoms with E-state index in [1.165, 1.54) is 25.9 Å². The second kappa shape index (κ2) is 4.94. The lowest BCUT2D eigenvalue weighted by molar-refractivity contribution is -0.129. The van der Waals surface area contributed by atoms with Gasteiger partial charge in [-0.3, -0.25) is 9.69 Å². The third-order valence-electron chi connectivity index (χ3n) is 3.50. The van der Waals surface area contributed by atoms with E-state index in [2.05, 4.69) is 10.2 Å². The third kappa shape index (κ3) is 2.49. The summed E-state index contributed by atoms with van der Waals surface area (Å²) < 4.78 is 0. The average molecular weight is 211 g/mol. The van der Waals surface area contributed by atoms with Gasteiger partial charge in [-0.25, -0.2) is 0 Å². The molecular formula is C11H21N3O. The summed E-state index contributed by atoms with van der Waals surface area (Å²) in [6, 6.07) is 0.633. The average Bonchev–Trinajstić information content (AvgIpc) is 2.89. The maximum atomic E-state index is 11.7. The van der Waals surface area contributed by atoms with E-state index >= 15 is 0 Å². The molecule has 1 unspecified atom stereocenters. The van der Waals surface area contributed by atoms with Gasteiger partial charge in [0.05, 0.1) is 6.54 Å². The number of amides is 1. The monoisotopic (exact) mass is 211 g/mol. The summed E-state index contributed by atoms with van der Waals surface area (Å²) >= 11 is 0. The van der Waals surface area contributed by atoms with Crippen molar-refractivity contribution in [3.05, 3.63) is 0 Å². The first-order chi connectivity index (χ1) is 7.31. The first-order valence-corrected chi connectivity index (χ1v) is 5.97. The van der Waals surface area contributed by atoms with Gasteiger partial charge in [-0.05, 0) is 39.4 Å². The van der Waals surface area contributed by atoms with Crippen molar-refractivity contribution in [3.63, 3.8) is 0 Å². The lowest BCUT2D eigenvalue weighted by Gasteiger charge is -2.23. The van der Waals surface area contributed by atoms with Gasteiger partial charge >= 0.3 is 0 Å². The molecule has 2 saturated heterocycles. The smallest absolute Gasteiger partial charge is 0.236 e. The maximum Gasteiger partial charge on any atom is 0.236 e. The van der Waals surface area contributed by atoms with Gasteiger partial charge in [0.15, 0.2) is 0 Å². The summed E-state index contributed by atoms with van der Waals surface area (Å²) in [6.07, 6.45) is 3.83. The van der Waals surface area contributed by atoms with Gasteiger partial charge in [0.25, 0.3) is 0 Å². The maximum absolute atomic E-state index is 11.7. The molecule has 2 fully saturated rings. The number of rotatable bonds is 3. The number of nitrogens with zero attached hydrogens (tertiary/aromatic N) is 2. The van der Waals surface area contributed by atoms with E-state index in [0.717, 1.165) is 19.5 Å². The molecule has 0 aromatic heterocycles. The largest absolute Gasteiger partial charge is 0.340 e. The Labute approximate surface area is 91.6 Å². The van der Waals surface area contributed by atoms with Crippen LogP contribution < -0.4 is 5.32 Å². The zero-order valence-corrected chi connectivity index (χ0v) is 9.54. The van der Waals surface area contributed by atoms with E-state index in [9.17, 15) is 4.79 Å². The molecule has 86 valence electrons. The van der Waals surface area contributed by atoms with Crippen molar-refractivity contribution in [1.29, 1.82) is 0 Å². The normalized spacial score (nSPS) is 27.5. The van der Waals surface area contributed by atoms with Crippen LogP contribution in [-0.4, -0.2) is 61.5 Å². The van der Waals surface area contributed by atoms with Crippen LogP contribution in [0.5, 0.6) is 0 Å². The van der Waals surface area contributed by atoms with Crippen molar-refractivity contribution >= 4 is 5.91 Å². The summed E-state index contributed by atoms with van der Waals surface area (Å²) in [5, 5.41) is 2.92. The summed E-state index contributed by atoms with van der Waals surface area (Å²) in [5.41, 5.74) is 0.